The van der Waals surface area contributed by atoms with E-state index in [9.17, 15) is 26.0 Å². The third-order valence-corrected chi connectivity index (χ3v) is 8.94. The van der Waals surface area contributed by atoms with Gasteiger partial charge in [-0.25, -0.2) is 12.8 Å². The van der Waals surface area contributed by atoms with E-state index in [4.69, 9.17) is 11.1 Å². The quantitative estimate of drug-likeness (QED) is 0.677. The van der Waals surface area contributed by atoms with E-state index in [1.165, 1.54) is 19.9 Å². The monoisotopic (exact) mass is 446 g/mol. The second kappa shape index (κ2) is 6.60. The van der Waals surface area contributed by atoms with Crippen molar-refractivity contribution in [2.24, 2.45) is 16.1 Å². The van der Waals surface area contributed by atoms with Crippen LogP contribution in [-0.4, -0.2) is 36.2 Å². The number of hydrogen-bond acceptors (Lipinski definition) is 6. The van der Waals surface area contributed by atoms with E-state index in [1.54, 1.807) is 0 Å². The van der Waals surface area contributed by atoms with E-state index >= 15 is 0 Å². The molecule has 0 bridgehead atoms. The lowest BCUT2D eigenvalue weighted by molar-refractivity contribution is -0.137. The predicted molar refractivity (Wildman–Crippen MR) is 105 cm³/mol. The molecule has 0 amide bonds. The Hall–Kier alpha value is -2.30. The Bertz CT molecular complexity index is 1080. The van der Waals surface area contributed by atoms with Crippen molar-refractivity contribution in [3.05, 3.63) is 41.5 Å². The largest absolute Gasteiger partial charge is 0.416 e. The van der Waals surface area contributed by atoms with Crippen molar-refractivity contribution < 1.29 is 26.0 Å². The molecule has 3 atom stereocenters. The van der Waals surface area contributed by atoms with Gasteiger partial charge in [-0.3, -0.25) is 9.98 Å². The maximum atomic E-state index is 14.8. The minimum Gasteiger partial charge on any atom is -0.386 e. The number of nitrogens with two attached hydrogens (primary N) is 1. The minimum absolute atomic E-state index is 0.0450. The molecule has 164 valence electrons. The molecule has 30 heavy (non-hydrogen) atoms. The van der Waals surface area contributed by atoms with E-state index in [0.29, 0.717) is 6.07 Å². The molecule has 0 aromatic carbocycles. The highest BCUT2D eigenvalue weighted by atomic mass is 32.2. The number of allylic oxidation sites excluding steroid dienone is 1. The second-order valence-corrected chi connectivity index (χ2v) is 10.7. The first-order valence-electron chi connectivity index (χ1n) is 9.11. The summed E-state index contributed by atoms with van der Waals surface area (Å²) >= 11 is 0. The molecule has 1 aromatic rings. The molecule has 3 rings (SSSR count). The zero-order valence-electron chi connectivity index (χ0n) is 16.6. The Kier molecular flexibility index (Phi) is 4.92. The van der Waals surface area contributed by atoms with Crippen molar-refractivity contribution in [1.82, 2.24) is 4.98 Å². The zero-order chi connectivity index (χ0) is 22.8. The van der Waals surface area contributed by atoms with Crippen LogP contribution in [0.25, 0.3) is 0 Å². The molecule has 0 saturated carbocycles. The summed E-state index contributed by atoms with van der Waals surface area (Å²) in [5.74, 6) is -1.72. The number of pyridine rings is 1. The molecule has 1 aromatic heterocycles. The van der Waals surface area contributed by atoms with Crippen LogP contribution in [0.15, 0.2) is 35.2 Å². The van der Waals surface area contributed by atoms with Crippen LogP contribution in [0.4, 0.5) is 17.6 Å². The van der Waals surface area contributed by atoms with Gasteiger partial charge >= 0.3 is 6.18 Å². The molecule has 1 aliphatic heterocycles. The van der Waals surface area contributed by atoms with Crippen molar-refractivity contribution in [3.63, 3.8) is 0 Å². The van der Waals surface area contributed by atoms with Gasteiger partial charge in [-0.05, 0) is 38.5 Å². The first-order chi connectivity index (χ1) is 13.6. The number of nitrogens with zero attached hydrogens (tertiary/aromatic N) is 2. The summed E-state index contributed by atoms with van der Waals surface area (Å²) in [5.41, 5.74) is 1.83. The third-order valence-electron chi connectivity index (χ3n) is 6.34. The molecule has 0 fully saturated rings. The maximum Gasteiger partial charge on any atom is 0.416 e. The fourth-order valence-electron chi connectivity index (χ4n) is 3.99. The lowest BCUT2D eigenvalue weighted by Gasteiger charge is -2.49. The average molecular weight is 446 g/mol. The molecule has 11 heteroatoms. The molecular weight excluding hydrogens is 424 g/mol. The Balaban J connectivity index is 2.20. The number of sulfone groups is 1. The number of aliphatic imine (C=N–C) groups is 1. The van der Waals surface area contributed by atoms with Gasteiger partial charge < -0.3 is 11.1 Å². The Morgan fingerprint density at radius 3 is 2.43 bits per heavy atom. The van der Waals surface area contributed by atoms with E-state index in [2.05, 4.69) is 9.98 Å². The minimum atomic E-state index is -4.70. The van der Waals surface area contributed by atoms with Crippen LogP contribution in [-0.2, 0) is 20.8 Å². The highest BCUT2D eigenvalue weighted by molar-refractivity contribution is 7.93. The molecule has 6 nitrogen and oxygen atoms in total. The lowest BCUT2D eigenvalue weighted by atomic mass is 9.66. The van der Waals surface area contributed by atoms with Crippen molar-refractivity contribution >= 4 is 21.4 Å². The van der Waals surface area contributed by atoms with Crippen LogP contribution < -0.4 is 5.73 Å². The van der Waals surface area contributed by atoms with E-state index < -0.39 is 60.4 Å². The van der Waals surface area contributed by atoms with Gasteiger partial charge in [-0.1, -0.05) is 6.92 Å². The average Bonchev–Trinajstić information content (AvgIpc) is 2.62. The SMILES string of the molecule is CC1(C2(C)CC(=N)CC=C2F)CS(=O)(=O)C(C)(c2cc(C(F)(F)F)ccn2)C(N)=N1. The van der Waals surface area contributed by atoms with Gasteiger partial charge in [0.2, 0.25) is 0 Å². The Labute approximate surface area is 171 Å². The Morgan fingerprint density at radius 2 is 1.87 bits per heavy atom. The van der Waals surface area contributed by atoms with Crippen LogP contribution in [0.1, 0.15) is 44.9 Å². The smallest absolute Gasteiger partial charge is 0.386 e. The second-order valence-electron chi connectivity index (χ2n) is 8.36. The number of alkyl halides is 3. The molecule has 2 heterocycles. The number of hydrogen-bond donors (Lipinski definition) is 2. The van der Waals surface area contributed by atoms with Gasteiger partial charge in [0.25, 0.3) is 0 Å². The first kappa shape index (κ1) is 22.4. The van der Waals surface area contributed by atoms with Gasteiger partial charge in [0.05, 0.1) is 28.0 Å². The molecule has 2 aliphatic rings. The van der Waals surface area contributed by atoms with Crippen molar-refractivity contribution in [3.8, 4) is 0 Å². The number of aromatic nitrogens is 1. The number of halogens is 4. The summed E-state index contributed by atoms with van der Waals surface area (Å²) in [7, 11) is -4.27. The summed E-state index contributed by atoms with van der Waals surface area (Å²) in [6.45, 7) is 4.06. The van der Waals surface area contributed by atoms with Crippen molar-refractivity contribution in [1.29, 1.82) is 5.41 Å². The summed E-state index contributed by atoms with van der Waals surface area (Å²) < 4.78 is 78.9. The summed E-state index contributed by atoms with van der Waals surface area (Å²) in [6.07, 6.45) is -2.54. The summed E-state index contributed by atoms with van der Waals surface area (Å²) in [6, 6.07) is 1.37. The standard InChI is InChI=1S/C19H22F4N4O2S/c1-16(9-12(24)4-5-13(16)20)17(2)10-30(28,29)18(3,15(25)27-17)14-8-11(6-7-26-14)19(21,22)23/h5-8,24H,4,9-10H2,1-3H3,(H2,25,27). The predicted octanol–water partition coefficient (Wildman–Crippen LogP) is 3.53. The molecule has 0 spiro atoms. The van der Waals surface area contributed by atoms with Crippen LogP contribution >= 0.6 is 0 Å². The van der Waals surface area contributed by atoms with Gasteiger partial charge in [0, 0.05) is 18.3 Å². The van der Waals surface area contributed by atoms with E-state index in [0.717, 1.165) is 19.2 Å². The van der Waals surface area contributed by atoms with E-state index in [-0.39, 0.29) is 18.6 Å². The maximum absolute atomic E-state index is 14.8. The van der Waals surface area contributed by atoms with Crippen LogP contribution in [0.3, 0.4) is 0 Å². The van der Waals surface area contributed by atoms with Gasteiger partial charge in [-0.15, -0.1) is 0 Å². The zero-order valence-corrected chi connectivity index (χ0v) is 17.5. The number of rotatable bonds is 2. The first-order valence-corrected chi connectivity index (χ1v) is 10.8. The topological polar surface area (TPSA) is 109 Å². The number of amidine groups is 1. The van der Waals surface area contributed by atoms with Crippen LogP contribution in [0.2, 0.25) is 0 Å². The molecule has 0 saturated heterocycles. The van der Waals surface area contributed by atoms with Crippen LogP contribution in [0.5, 0.6) is 0 Å². The molecule has 3 unspecified atom stereocenters. The summed E-state index contributed by atoms with van der Waals surface area (Å²) in [4.78, 5) is 8.17. The van der Waals surface area contributed by atoms with Crippen molar-refractivity contribution in [2.75, 3.05) is 5.75 Å². The fourth-order valence-corrected chi connectivity index (χ4v) is 6.19. The van der Waals surface area contributed by atoms with Gasteiger partial charge in [0.1, 0.15) is 11.7 Å². The number of nitrogens with one attached hydrogen (secondary N) is 1. The van der Waals surface area contributed by atoms with E-state index in [1.807, 2.05) is 0 Å². The fraction of sp³-hybridized carbons (Fsp3) is 0.526. The normalized spacial score (nSPS) is 34.3. The van der Waals surface area contributed by atoms with Crippen LogP contribution in [0, 0.1) is 10.8 Å². The highest BCUT2D eigenvalue weighted by Crippen LogP contribution is 2.52. The molecular formula is C19H22F4N4O2S. The van der Waals surface area contributed by atoms with Crippen molar-refractivity contribution in [2.45, 2.75) is 50.1 Å². The van der Waals surface area contributed by atoms with Gasteiger partial charge in [-0.2, -0.15) is 13.2 Å². The molecule has 1 aliphatic carbocycles. The summed E-state index contributed by atoms with van der Waals surface area (Å²) in [5, 5.41) is 7.93. The highest BCUT2D eigenvalue weighted by Gasteiger charge is 2.60. The Morgan fingerprint density at radius 1 is 1.23 bits per heavy atom. The third kappa shape index (κ3) is 3.14. The molecule has 3 N–H and O–H groups in total. The lowest BCUT2D eigenvalue weighted by Crippen LogP contribution is -2.61. The van der Waals surface area contributed by atoms with Gasteiger partial charge in [0.15, 0.2) is 14.6 Å². The molecule has 0 radical (unpaired) electrons.